The van der Waals surface area contributed by atoms with E-state index < -0.39 is 73.0 Å². The van der Waals surface area contributed by atoms with Gasteiger partial charge in [0.05, 0.1) is 39.6 Å². The number of ether oxygens (including phenoxy) is 11. The Hall–Kier alpha value is -3.56. The molecule has 4 aromatic rings. The van der Waals surface area contributed by atoms with Gasteiger partial charge in [0.1, 0.15) is 48.8 Å². The summed E-state index contributed by atoms with van der Waals surface area (Å²) in [5.41, 5.74) is 4.08. The molecule has 4 aliphatic heterocycles. The third-order valence-corrected chi connectivity index (χ3v) is 10.5. The molecule has 0 saturated carbocycles. The molecule has 4 heterocycles. The van der Waals surface area contributed by atoms with Gasteiger partial charge in [0.15, 0.2) is 24.2 Å². The molecule has 11 nitrogen and oxygen atoms in total. The summed E-state index contributed by atoms with van der Waals surface area (Å²) in [6.07, 6.45) is -6.08. The molecule has 0 unspecified atom stereocenters. The van der Waals surface area contributed by atoms with E-state index in [2.05, 4.69) is 0 Å². The van der Waals surface area contributed by atoms with Crippen molar-refractivity contribution in [2.75, 3.05) is 13.2 Å². The van der Waals surface area contributed by atoms with Crippen LogP contribution in [0.15, 0.2) is 121 Å². The maximum absolute atomic E-state index is 6.91. The molecule has 4 aromatic carbocycles. The van der Waals surface area contributed by atoms with E-state index in [4.69, 9.17) is 52.1 Å². The number of benzene rings is 4. The van der Waals surface area contributed by atoms with Crippen molar-refractivity contribution in [1.29, 1.82) is 0 Å². The van der Waals surface area contributed by atoms with Crippen LogP contribution in [0.5, 0.6) is 0 Å². The normalized spacial score (nSPS) is 31.4. The van der Waals surface area contributed by atoms with E-state index >= 15 is 0 Å². The molecular weight excluding hydrogens is 728 g/mol. The van der Waals surface area contributed by atoms with Crippen LogP contribution < -0.4 is 0 Å². The van der Waals surface area contributed by atoms with Gasteiger partial charge >= 0.3 is 0 Å². The summed E-state index contributed by atoms with van der Waals surface area (Å²) in [6, 6.07) is 40.2. The fourth-order valence-corrected chi connectivity index (χ4v) is 7.90. The number of rotatable bonds is 16. The molecule has 0 radical (unpaired) electrons. The van der Waals surface area contributed by atoms with Gasteiger partial charge in [-0.15, -0.1) is 0 Å². The van der Waals surface area contributed by atoms with Crippen molar-refractivity contribution in [2.45, 2.75) is 127 Å². The highest BCUT2D eigenvalue weighted by atomic mass is 16.9. The zero-order chi connectivity index (χ0) is 39.2. The molecule has 8 rings (SSSR count). The molecule has 0 bridgehead atoms. The average molecular weight is 783 g/mol. The molecule has 10 atom stereocenters. The molecule has 4 fully saturated rings. The van der Waals surface area contributed by atoms with Crippen molar-refractivity contribution in [3.63, 3.8) is 0 Å². The van der Waals surface area contributed by atoms with Crippen LogP contribution >= 0.6 is 0 Å². The topological polar surface area (TPSA) is 102 Å². The first-order chi connectivity index (χ1) is 27.7. The van der Waals surface area contributed by atoms with Gasteiger partial charge in [0.2, 0.25) is 0 Å². The summed E-state index contributed by atoms with van der Waals surface area (Å²) in [5.74, 6) is -1.70. The third-order valence-electron chi connectivity index (χ3n) is 10.5. The summed E-state index contributed by atoms with van der Waals surface area (Å²) in [5, 5.41) is 0. The highest BCUT2D eigenvalue weighted by molar-refractivity contribution is 5.16. The van der Waals surface area contributed by atoms with Crippen molar-refractivity contribution in [2.24, 2.45) is 0 Å². The maximum Gasteiger partial charge on any atom is 0.190 e. The Kier molecular flexibility index (Phi) is 12.8. The smallest absolute Gasteiger partial charge is 0.190 e. The minimum Gasteiger partial charge on any atom is -0.374 e. The summed E-state index contributed by atoms with van der Waals surface area (Å²) in [4.78, 5) is 0. The monoisotopic (exact) mass is 782 g/mol. The highest BCUT2D eigenvalue weighted by Crippen LogP contribution is 2.44. The molecule has 4 aliphatic rings. The largest absolute Gasteiger partial charge is 0.374 e. The maximum atomic E-state index is 6.91. The van der Waals surface area contributed by atoms with E-state index in [1.165, 1.54) is 0 Å². The van der Waals surface area contributed by atoms with Crippen LogP contribution in [-0.2, 0) is 78.5 Å². The van der Waals surface area contributed by atoms with E-state index in [0.29, 0.717) is 26.4 Å². The van der Waals surface area contributed by atoms with E-state index in [1.54, 1.807) is 0 Å². The van der Waals surface area contributed by atoms with Gasteiger partial charge in [0.25, 0.3) is 0 Å². The van der Waals surface area contributed by atoms with Gasteiger partial charge in [-0.05, 0) is 49.9 Å². The van der Waals surface area contributed by atoms with Gasteiger partial charge in [0, 0.05) is 0 Å². The lowest BCUT2D eigenvalue weighted by Crippen LogP contribution is -2.62. The molecule has 0 N–H and O–H groups in total. The average Bonchev–Trinajstić information content (AvgIpc) is 3.73. The summed E-state index contributed by atoms with van der Waals surface area (Å²) >= 11 is 0. The molecule has 4 saturated heterocycles. The Morgan fingerprint density at radius 1 is 0.421 bits per heavy atom. The van der Waals surface area contributed by atoms with Gasteiger partial charge in [-0.3, -0.25) is 0 Å². The molecule has 57 heavy (non-hydrogen) atoms. The Bertz CT molecular complexity index is 1810. The quantitative estimate of drug-likeness (QED) is 0.116. The van der Waals surface area contributed by atoms with E-state index in [1.807, 2.05) is 149 Å². The first-order valence-corrected chi connectivity index (χ1v) is 19.9. The van der Waals surface area contributed by atoms with Gasteiger partial charge in [-0.2, -0.15) is 0 Å². The van der Waals surface area contributed by atoms with Crippen molar-refractivity contribution in [1.82, 2.24) is 0 Å². The Balaban J connectivity index is 1.09. The third kappa shape index (κ3) is 10.2. The minimum atomic E-state index is -0.913. The van der Waals surface area contributed by atoms with Crippen molar-refractivity contribution in [3.05, 3.63) is 144 Å². The van der Waals surface area contributed by atoms with E-state index in [9.17, 15) is 0 Å². The molecule has 0 amide bonds. The number of hydrogen-bond donors (Lipinski definition) is 0. The van der Waals surface area contributed by atoms with Crippen LogP contribution in [0.25, 0.3) is 0 Å². The molecular formula is C46H54O11. The SMILES string of the molecule is CC1(C)O[C@H]2[C@@H](O1)[C@@H](CO[C@H]1O[C@H](COCc3ccccc3)[C@@H](OCc3ccccc3)[C@H](OCc3ccccc3)[C@H]1OCc1ccccc1)O[C@@H]1OC(C)(C)O[C@@H]12. The van der Waals surface area contributed by atoms with Crippen LogP contribution in [0.3, 0.4) is 0 Å². The number of hydrogen-bond acceptors (Lipinski definition) is 11. The molecule has 0 aliphatic carbocycles. The lowest BCUT2D eigenvalue weighted by Gasteiger charge is -2.46. The lowest BCUT2D eigenvalue weighted by atomic mass is 9.97. The van der Waals surface area contributed by atoms with Gasteiger partial charge in [-0.25, -0.2) is 0 Å². The van der Waals surface area contributed by atoms with Crippen LogP contribution in [0.4, 0.5) is 0 Å². The molecule has 304 valence electrons. The Morgan fingerprint density at radius 2 is 0.877 bits per heavy atom. The fraction of sp³-hybridized carbons (Fsp3) is 0.478. The van der Waals surface area contributed by atoms with Crippen LogP contribution in [0.2, 0.25) is 0 Å². The fourth-order valence-electron chi connectivity index (χ4n) is 7.90. The van der Waals surface area contributed by atoms with E-state index in [0.717, 1.165) is 22.3 Å². The van der Waals surface area contributed by atoms with Crippen LogP contribution in [-0.4, -0.2) is 86.2 Å². The second kappa shape index (κ2) is 18.1. The number of fused-ring (bicyclic) bond motifs is 3. The van der Waals surface area contributed by atoms with Gasteiger partial charge in [-0.1, -0.05) is 121 Å². The van der Waals surface area contributed by atoms with Crippen LogP contribution in [0, 0.1) is 0 Å². The van der Waals surface area contributed by atoms with Crippen molar-refractivity contribution < 1.29 is 52.1 Å². The molecule has 0 spiro atoms. The highest BCUT2D eigenvalue weighted by Gasteiger charge is 2.61. The van der Waals surface area contributed by atoms with Crippen molar-refractivity contribution >= 4 is 0 Å². The van der Waals surface area contributed by atoms with E-state index in [-0.39, 0.29) is 13.2 Å². The summed E-state index contributed by atoms with van der Waals surface area (Å²) in [6.45, 7) is 9.15. The second-order valence-corrected chi connectivity index (χ2v) is 15.9. The molecule has 0 aromatic heterocycles. The lowest BCUT2D eigenvalue weighted by molar-refractivity contribution is -0.337. The summed E-state index contributed by atoms with van der Waals surface area (Å²) < 4.78 is 72.3. The Labute approximate surface area is 335 Å². The Morgan fingerprint density at radius 3 is 1.44 bits per heavy atom. The second-order valence-electron chi connectivity index (χ2n) is 15.9. The summed E-state index contributed by atoms with van der Waals surface area (Å²) in [7, 11) is 0. The van der Waals surface area contributed by atoms with Gasteiger partial charge < -0.3 is 52.1 Å². The molecule has 11 heteroatoms. The first kappa shape index (κ1) is 40.2. The predicted molar refractivity (Wildman–Crippen MR) is 208 cm³/mol. The van der Waals surface area contributed by atoms with Crippen LogP contribution in [0.1, 0.15) is 49.9 Å². The minimum absolute atomic E-state index is 0.0853. The zero-order valence-electron chi connectivity index (χ0n) is 33.1. The predicted octanol–water partition coefficient (Wildman–Crippen LogP) is 7.10. The van der Waals surface area contributed by atoms with Crippen molar-refractivity contribution in [3.8, 4) is 0 Å². The zero-order valence-corrected chi connectivity index (χ0v) is 33.1. The standard InChI is InChI=1S/C46H54O11/c1-45(2)54-38-36(53-44-42(40(38)55-45)56-46(3,4)57-44)30-51-43-41(50-28-34-23-15-8-16-24-34)39(49-27-33-21-13-7-14-22-33)37(48-26-32-19-11-6-12-20-32)35(52-43)29-47-25-31-17-9-5-10-18-31/h5-24,35-44H,25-30H2,1-4H3/t35-,36-,37-,38+,39+,40+,41-,42-,43+,44-/m1/s1. The first-order valence-electron chi connectivity index (χ1n) is 19.9.